The molecule has 0 spiro atoms. The van der Waals surface area contributed by atoms with Crippen molar-refractivity contribution in [3.05, 3.63) is 15.7 Å². The van der Waals surface area contributed by atoms with E-state index in [0.717, 1.165) is 15.9 Å². The molecule has 19 heavy (non-hydrogen) atoms. The van der Waals surface area contributed by atoms with Gasteiger partial charge in [0.1, 0.15) is 15.1 Å². The average Bonchev–Trinajstić information content (AvgIpc) is 2.81. The maximum atomic E-state index is 11.7. The third kappa shape index (κ3) is 2.23. The predicted octanol–water partition coefficient (Wildman–Crippen LogP) is 3.28. The molecule has 2 atom stereocenters. The minimum Gasteiger partial charge on any atom is -0.465 e. The average molecular weight is 377 g/mol. The number of carbonyl (C=O) groups is 1. The summed E-state index contributed by atoms with van der Waals surface area (Å²) in [6.45, 7) is 8.89. The molecule has 6 heteroatoms. The minimum atomic E-state index is -0.870. The Kier molecular flexibility index (Phi) is 3.57. The number of nitrogens with one attached hydrogen (secondary N) is 1. The number of likely N-dealkylation sites (tertiary alicyclic amines) is 1. The van der Waals surface area contributed by atoms with Crippen molar-refractivity contribution < 1.29 is 9.90 Å². The van der Waals surface area contributed by atoms with Crippen molar-refractivity contribution in [1.82, 2.24) is 14.9 Å². The lowest BCUT2D eigenvalue weighted by Crippen LogP contribution is -2.53. The van der Waals surface area contributed by atoms with E-state index in [1.165, 1.54) is 0 Å². The molecule has 1 aliphatic heterocycles. The first kappa shape index (κ1) is 14.6. The van der Waals surface area contributed by atoms with Crippen molar-refractivity contribution in [2.45, 2.75) is 39.7 Å². The highest BCUT2D eigenvalue weighted by Gasteiger charge is 2.57. The molecule has 2 N–H and O–H groups in total. The Labute approximate surface area is 126 Å². The normalized spacial score (nSPS) is 27.8. The number of nitrogens with zero attached hydrogens (tertiary/aromatic N) is 2. The molecule has 1 fully saturated rings. The first-order chi connectivity index (χ1) is 8.68. The van der Waals surface area contributed by atoms with Gasteiger partial charge in [-0.3, -0.25) is 4.90 Å². The lowest BCUT2D eigenvalue weighted by molar-refractivity contribution is 0.0214. The van der Waals surface area contributed by atoms with Gasteiger partial charge in [0.05, 0.1) is 0 Å². The molecule has 1 aliphatic rings. The van der Waals surface area contributed by atoms with Crippen molar-refractivity contribution in [2.24, 2.45) is 11.3 Å². The molecular weight excluding hydrogens is 357 g/mol. The largest absolute Gasteiger partial charge is 0.465 e. The quantitative estimate of drug-likeness (QED) is 0.738. The summed E-state index contributed by atoms with van der Waals surface area (Å²) in [7, 11) is 0. The van der Waals surface area contributed by atoms with Gasteiger partial charge in [0, 0.05) is 12.7 Å². The Morgan fingerprint density at radius 3 is 2.68 bits per heavy atom. The molecule has 0 radical (unpaired) electrons. The zero-order valence-electron chi connectivity index (χ0n) is 11.7. The fraction of sp³-hybridized carbons (Fsp3) is 0.692. The smallest absolute Gasteiger partial charge is 0.408 e. The van der Waals surface area contributed by atoms with Gasteiger partial charge in [0.15, 0.2) is 0 Å². The van der Waals surface area contributed by atoms with E-state index in [1.54, 1.807) is 4.90 Å². The van der Waals surface area contributed by atoms with Crippen LogP contribution in [0.25, 0.3) is 0 Å². The third-order valence-electron chi connectivity index (χ3n) is 4.01. The van der Waals surface area contributed by atoms with Gasteiger partial charge in [-0.15, -0.1) is 0 Å². The fourth-order valence-corrected chi connectivity index (χ4v) is 3.59. The Morgan fingerprint density at radius 2 is 2.26 bits per heavy atom. The van der Waals surface area contributed by atoms with E-state index in [0.29, 0.717) is 12.5 Å². The summed E-state index contributed by atoms with van der Waals surface area (Å²) < 4.78 is 0.862. The van der Waals surface area contributed by atoms with Crippen molar-refractivity contribution in [3.63, 3.8) is 0 Å². The van der Waals surface area contributed by atoms with Crippen LogP contribution in [0.15, 0.2) is 6.20 Å². The number of rotatable bonds is 1. The Balaban J connectivity index is 2.61. The zero-order valence-corrected chi connectivity index (χ0v) is 13.9. The molecule has 2 heterocycles. The highest BCUT2D eigenvalue weighted by atomic mass is 127. The number of imidazole rings is 1. The SMILES string of the molecule is C[C@H]1CN(C(=O)O)[C@](c2nc(I)c[nH]2)(C(C)(C)C)C1. The number of hydrogen-bond donors (Lipinski definition) is 2. The fourth-order valence-electron chi connectivity index (χ4n) is 3.19. The van der Waals surface area contributed by atoms with E-state index in [1.807, 2.05) is 6.20 Å². The van der Waals surface area contributed by atoms with Crippen molar-refractivity contribution >= 4 is 28.7 Å². The summed E-state index contributed by atoms with van der Waals surface area (Å²) in [5.41, 5.74) is -0.807. The summed E-state index contributed by atoms with van der Waals surface area (Å²) in [4.78, 5) is 20.9. The molecule has 1 saturated heterocycles. The second-order valence-corrected chi connectivity index (χ2v) is 7.49. The molecule has 0 bridgehead atoms. The Hall–Kier alpha value is -0.790. The van der Waals surface area contributed by atoms with Crippen LogP contribution in [-0.4, -0.2) is 32.6 Å². The second kappa shape index (κ2) is 4.64. The highest BCUT2D eigenvalue weighted by molar-refractivity contribution is 14.1. The Morgan fingerprint density at radius 1 is 1.63 bits per heavy atom. The molecule has 2 rings (SSSR count). The van der Waals surface area contributed by atoms with E-state index in [-0.39, 0.29) is 5.41 Å². The monoisotopic (exact) mass is 377 g/mol. The summed E-state index contributed by atoms with van der Waals surface area (Å²) in [6, 6.07) is 0. The lowest BCUT2D eigenvalue weighted by atomic mass is 9.70. The van der Waals surface area contributed by atoms with Crippen LogP contribution < -0.4 is 0 Å². The number of halogens is 1. The maximum absolute atomic E-state index is 11.7. The first-order valence-corrected chi connectivity index (χ1v) is 7.48. The van der Waals surface area contributed by atoms with Gasteiger partial charge in [0.2, 0.25) is 0 Å². The van der Waals surface area contributed by atoms with Crippen LogP contribution >= 0.6 is 22.6 Å². The topological polar surface area (TPSA) is 69.2 Å². The summed E-state index contributed by atoms with van der Waals surface area (Å²) in [6.07, 6.45) is 1.75. The van der Waals surface area contributed by atoms with Crippen LogP contribution in [0.1, 0.15) is 39.9 Å². The molecule has 0 aromatic carbocycles. The highest BCUT2D eigenvalue weighted by Crippen LogP contribution is 2.51. The Bertz CT molecular complexity index is 494. The predicted molar refractivity (Wildman–Crippen MR) is 80.9 cm³/mol. The van der Waals surface area contributed by atoms with Crippen molar-refractivity contribution in [2.75, 3.05) is 6.54 Å². The molecule has 1 amide bonds. The van der Waals surface area contributed by atoms with Crippen molar-refractivity contribution in [3.8, 4) is 0 Å². The van der Waals surface area contributed by atoms with Crippen molar-refractivity contribution in [1.29, 1.82) is 0 Å². The van der Waals surface area contributed by atoms with E-state index in [2.05, 4.69) is 60.3 Å². The first-order valence-electron chi connectivity index (χ1n) is 6.40. The van der Waals surface area contributed by atoms with Gasteiger partial charge in [-0.2, -0.15) is 0 Å². The molecule has 106 valence electrons. The molecule has 0 saturated carbocycles. The van der Waals surface area contributed by atoms with Gasteiger partial charge in [-0.05, 0) is 40.3 Å². The summed E-state index contributed by atoms with van der Waals surface area (Å²) in [5, 5.41) is 9.58. The van der Waals surface area contributed by atoms with Gasteiger partial charge in [0.25, 0.3) is 0 Å². The number of carboxylic acid groups (broad SMARTS) is 1. The summed E-state index contributed by atoms with van der Waals surface area (Å²) >= 11 is 2.14. The van der Waals surface area contributed by atoms with Gasteiger partial charge in [-0.25, -0.2) is 9.78 Å². The minimum absolute atomic E-state index is 0.225. The second-order valence-electron chi connectivity index (χ2n) is 6.38. The zero-order chi connectivity index (χ0) is 14.4. The van der Waals surface area contributed by atoms with E-state index in [4.69, 9.17) is 0 Å². The van der Waals surface area contributed by atoms with E-state index in [9.17, 15) is 9.90 Å². The molecule has 5 nitrogen and oxygen atoms in total. The number of aromatic nitrogens is 2. The van der Waals surface area contributed by atoms with Crippen LogP contribution in [0.5, 0.6) is 0 Å². The molecule has 0 unspecified atom stereocenters. The van der Waals surface area contributed by atoms with Gasteiger partial charge in [-0.1, -0.05) is 27.7 Å². The van der Waals surface area contributed by atoms with Crippen LogP contribution in [0.4, 0.5) is 4.79 Å². The van der Waals surface area contributed by atoms with Crippen LogP contribution in [0.3, 0.4) is 0 Å². The lowest BCUT2D eigenvalue weighted by Gasteiger charge is -2.45. The third-order valence-corrected chi connectivity index (χ3v) is 4.56. The molecule has 1 aromatic heterocycles. The standard InChI is InChI=1S/C13H20IN3O2/c1-8-5-13(12(2,3)4,17(7-8)11(18)19)10-15-6-9(14)16-10/h6,8H,5,7H2,1-4H3,(H,15,16)(H,18,19)/t8-,13-/m1/s1. The van der Waals surface area contributed by atoms with Gasteiger partial charge >= 0.3 is 6.09 Å². The van der Waals surface area contributed by atoms with Crippen LogP contribution in [0, 0.1) is 15.0 Å². The molecule has 1 aromatic rings. The molecule has 0 aliphatic carbocycles. The van der Waals surface area contributed by atoms with Crippen LogP contribution in [0.2, 0.25) is 0 Å². The van der Waals surface area contributed by atoms with Gasteiger partial charge < -0.3 is 10.1 Å². The summed E-state index contributed by atoms with van der Waals surface area (Å²) in [5.74, 6) is 1.09. The number of H-pyrrole nitrogens is 1. The molecular formula is C13H20IN3O2. The number of hydrogen-bond acceptors (Lipinski definition) is 2. The number of aromatic amines is 1. The van der Waals surface area contributed by atoms with E-state index < -0.39 is 11.6 Å². The van der Waals surface area contributed by atoms with E-state index >= 15 is 0 Å². The number of amides is 1. The van der Waals surface area contributed by atoms with Crippen LogP contribution in [-0.2, 0) is 5.54 Å². The maximum Gasteiger partial charge on any atom is 0.408 e.